The molecule has 0 aromatic heterocycles. The molecule has 1 saturated heterocycles. The SMILES string of the molecule is CC(C)(CO)Oc1ccc(C(N)=O)c(O[C@@H]2CCN(C(=O)Cc3ccc(OC(F)(F)F)cc3)C[C@H]2F)c1. The topological polar surface area (TPSA) is 111 Å². The summed E-state index contributed by atoms with van der Waals surface area (Å²) in [6.07, 6.45) is -7.38. The minimum absolute atomic E-state index is 0.0207. The van der Waals surface area contributed by atoms with Crippen LogP contribution in [0.5, 0.6) is 17.2 Å². The van der Waals surface area contributed by atoms with Crippen LogP contribution in [0.2, 0.25) is 0 Å². The number of amides is 2. The number of halogens is 4. The lowest BCUT2D eigenvalue weighted by atomic mass is 10.0. The van der Waals surface area contributed by atoms with E-state index in [0.717, 1.165) is 12.1 Å². The van der Waals surface area contributed by atoms with Crippen molar-refractivity contribution in [3.8, 4) is 17.2 Å². The monoisotopic (exact) mass is 528 g/mol. The summed E-state index contributed by atoms with van der Waals surface area (Å²) in [4.78, 5) is 25.8. The zero-order valence-corrected chi connectivity index (χ0v) is 20.3. The van der Waals surface area contributed by atoms with Crippen LogP contribution in [0.25, 0.3) is 0 Å². The van der Waals surface area contributed by atoms with Crippen LogP contribution in [-0.2, 0) is 11.2 Å². The van der Waals surface area contributed by atoms with Crippen molar-refractivity contribution in [2.24, 2.45) is 5.73 Å². The van der Waals surface area contributed by atoms with E-state index in [0.29, 0.717) is 5.56 Å². The second kappa shape index (κ2) is 11.2. The van der Waals surface area contributed by atoms with Crippen molar-refractivity contribution in [2.75, 3.05) is 19.7 Å². The van der Waals surface area contributed by atoms with Crippen molar-refractivity contribution in [3.63, 3.8) is 0 Å². The number of aliphatic hydroxyl groups is 1. The third-order valence-corrected chi connectivity index (χ3v) is 5.62. The fraction of sp³-hybridized carbons (Fsp3) is 0.440. The Morgan fingerprint density at radius 3 is 2.30 bits per heavy atom. The van der Waals surface area contributed by atoms with Gasteiger partial charge in [0, 0.05) is 19.0 Å². The van der Waals surface area contributed by atoms with E-state index in [1.54, 1.807) is 13.8 Å². The van der Waals surface area contributed by atoms with E-state index in [-0.39, 0.29) is 49.6 Å². The molecule has 0 radical (unpaired) electrons. The number of nitrogens with two attached hydrogens (primary N) is 1. The third-order valence-electron chi connectivity index (χ3n) is 5.62. The van der Waals surface area contributed by atoms with Gasteiger partial charge < -0.3 is 30.0 Å². The van der Waals surface area contributed by atoms with E-state index in [1.807, 2.05) is 0 Å². The Balaban J connectivity index is 1.62. The molecule has 0 bridgehead atoms. The zero-order chi connectivity index (χ0) is 27.4. The highest BCUT2D eigenvalue weighted by Crippen LogP contribution is 2.30. The van der Waals surface area contributed by atoms with E-state index in [2.05, 4.69) is 4.74 Å². The van der Waals surface area contributed by atoms with Crippen molar-refractivity contribution in [3.05, 3.63) is 53.6 Å². The zero-order valence-electron chi connectivity index (χ0n) is 20.3. The maximum absolute atomic E-state index is 15.0. The Morgan fingerprint density at radius 2 is 1.73 bits per heavy atom. The van der Waals surface area contributed by atoms with Gasteiger partial charge in [-0.05, 0) is 43.7 Å². The normalized spacial score (nSPS) is 18.3. The number of carbonyl (C=O) groups is 2. The smallest absolute Gasteiger partial charge is 0.486 e. The predicted octanol–water partition coefficient (Wildman–Crippen LogP) is 3.39. The van der Waals surface area contributed by atoms with E-state index in [4.69, 9.17) is 15.2 Å². The lowest BCUT2D eigenvalue weighted by Gasteiger charge is -2.35. The first-order chi connectivity index (χ1) is 17.3. The van der Waals surface area contributed by atoms with Crippen LogP contribution < -0.4 is 19.9 Å². The summed E-state index contributed by atoms with van der Waals surface area (Å²) in [6, 6.07) is 9.14. The summed E-state index contributed by atoms with van der Waals surface area (Å²) in [7, 11) is 0. The van der Waals surface area contributed by atoms with Gasteiger partial charge in [0.05, 0.1) is 25.1 Å². The molecule has 1 aliphatic rings. The molecule has 0 aliphatic carbocycles. The molecule has 2 atom stereocenters. The second-order valence-electron chi connectivity index (χ2n) is 9.21. The summed E-state index contributed by atoms with van der Waals surface area (Å²) >= 11 is 0. The van der Waals surface area contributed by atoms with E-state index in [1.165, 1.54) is 35.2 Å². The highest BCUT2D eigenvalue weighted by atomic mass is 19.4. The summed E-state index contributed by atoms with van der Waals surface area (Å²) in [5.41, 5.74) is 4.98. The molecule has 0 saturated carbocycles. The van der Waals surface area contributed by atoms with Crippen LogP contribution in [0.4, 0.5) is 17.6 Å². The van der Waals surface area contributed by atoms with Gasteiger partial charge in [-0.2, -0.15) is 0 Å². The van der Waals surface area contributed by atoms with Crippen LogP contribution in [0, 0.1) is 0 Å². The van der Waals surface area contributed by atoms with Gasteiger partial charge in [0.2, 0.25) is 5.91 Å². The fourth-order valence-electron chi connectivity index (χ4n) is 3.72. The molecule has 37 heavy (non-hydrogen) atoms. The van der Waals surface area contributed by atoms with Gasteiger partial charge in [-0.3, -0.25) is 9.59 Å². The Hall–Kier alpha value is -3.54. The first-order valence-electron chi connectivity index (χ1n) is 11.4. The molecule has 1 fully saturated rings. The Bertz CT molecular complexity index is 1110. The van der Waals surface area contributed by atoms with E-state index >= 15 is 4.39 Å². The van der Waals surface area contributed by atoms with E-state index in [9.17, 15) is 27.9 Å². The van der Waals surface area contributed by atoms with Crippen LogP contribution in [-0.4, -0.2) is 65.8 Å². The van der Waals surface area contributed by atoms with Crippen molar-refractivity contribution in [2.45, 2.75) is 50.9 Å². The number of carbonyl (C=O) groups excluding carboxylic acids is 2. The van der Waals surface area contributed by atoms with Gasteiger partial charge in [-0.15, -0.1) is 13.2 Å². The second-order valence-corrected chi connectivity index (χ2v) is 9.21. The molecule has 3 N–H and O–H groups in total. The average Bonchev–Trinajstić information content (AvgIpc) is 2.80. The summed E-state index contributed by atoms with van der Waals surface area (Å²) < 4.78 is 67.2. The molecule has 0 unspecified atom stereocenters. The third kappa shape index (κ3) is 7.97. The molecule has 1 aliphatic heterocycles. The number of aliphatic hydroxyl groups excluding tert-OH is 1. The lowest BCUT2D eigenvalue weighted by Crippen LogP contribution is -2.49. The van der Waals surface area contributed by atoms with Gasteiger partial charge in [0.1, 0.15) is 29.0 Å². The fourth-order valence-corrected chi connectivity index (χ4v) is 3.72. The van der Waals surface area contributed by atoms with Crippen LogP contribution in [0.3, 0.4) is 0 Å². The minimum Gasteiger partial charge on any atom is -0.486 e. The van der Waals surface area contributed by atoms with Gasteiger partial charge in [-0.25, -0.2) is 4.39 Å². The van der Waals surface area contributed by atoms with Gasteiger partial charge in [-0.1, -0.05) is 12.1 Å². The largest absolute Gasteiger partial charge is 0.573 e. The number of piperidine rings is 1. The predicted molar refractivity (Wildman–Crippen MR) is 124 cm³/mol. The minimum atomic E-state index is -4.82. The van der Waals surface area contributed by atoms with E-state index < -0.39 is 41.8 Å². The van der Waals surface area contributed by atoms with Gasteiger partial charge in [0.15, 0.2) is 6.17 Å². The molecule has 202 valence electrons. The van der Waals surface area contributed by atoms with Gasteiger partial charge >= 0.3 is 6.36 Å². The molecule has 2 aromatic carbocycles. The lowest BCUT2D eigenvalue weighted by molar-refractivity contribution is -0.274. The number of rotatable bonds is 9. The first-order valence-corrected chi connectivity index (χ1v) is 11.4. The highest BCUT2D eigenvalue weighted by molar-refractivity contribution is 5.95. The molecule has 1 heterocycles. The standard InChI is InChI=1S/C25H28F4N2O6/c1-24(2,14-32)36-17-7-8-18(23(30)34)21(12-17)35-20-9-10-31(13-19(20)26)22(33)11-15-3-5-16(6-4-15)37-25(27,28)29/h3-8,12,19-20,32H,9-11,13-14H2,1-2H3,(H2,30,34)/t19-,20-/m1/s1. The number of hydrogen-bond donors (Lipinski definition) is 2. The molecular formula is C25H28F4N2O6. The Morgan fingerprint density at radius 1 is 1.08 bits per heavy atom. The number of benzene rings is 2. The molecule has 2 aromatic rings. The highest BCUT2D eigenvalue weighted by Gasteiger charge is 2.34. The maximum Gasteiger partial charge on any atom is 0.573 e. The number of ether oxygens (including phenoxy) is 3. The van der Waals surface area contributed by atoms with Crippen molar-refractivity contribution < 1.29 is 46.5 Å². The summed E-state index contributed by atoms with van der Waals surface area (Å²) in [5, 5.41) is 9.42. The molecule has 8 nitrogen and oxygen atoms in total. The molecule has 3 rings (SSSR count). The van der Waals surface area contributed by atoms with Crippen molar-refractivity contribution in [1.82, 2.24) is 4.90 Å². The number of likely N-dealkylation sites (tertiary alicyclic amines) is 1. The van der Waals surface area contributed by atoms with Crippen molar-refractivity contribution in [1.29, 1.82) is 0 Å². The first kappa shape index (κ1) is 28.0. The quantitative estimate of drug-likeness (QED) is 0.483. The number of alkyl halides is 4. The Kier molecular flexibility index (Phi) is 8.52. The molecule has 2 amide bonds. The average molecular weight is 528 g/mol. The number of primary amides is 1. The molecular weight excluding hydrogens is 500 g/mol. The summed E-state index contributed by atoms with van der Waals surface area (Å²) in [5.74, 6) is -1.28. The number of nitrogens with zero attached hydrogens (tertiary/aromatic N) is 1. The van der Waals surface area contributed by atoms with Crippen LogP contribution >= 0.6 is 0 Å². The summed E-state index contributed by atoms with van der Waals surface area (Å²) in [6.45, 7) is 2.94. The number of hydrogen-bond acceptors (Lipinski definition) is 6. The maximum atomic E-state index is 15.0. The van der Waals surface area contributed by atoms with Crippen LogP contribution in [0.1, 0.15) is 36.2 Å². The molecule has 0 spiro atoms. The van der Waals surface area contributed by atoms with Crippen molar-refractivity contribution >= 4 is 11.8 Å². The van der Waals surface area contributed by atoms with Gasteiger partial charge in [0.25, 0.3) is 5.91 Å². The van der Waals surface area contributed by atoms with Crippen LogP contribution in [0.15, 0.2) is 42.5 Å². The Labute approximate surface area is 210 Å². The molecule has 12 heteroatoms.